The first-order valence-electron chi connectivity index (χ1n) is 5.90. The van der Waals surface area contributed by atoms with Crippen molar-refractivity contribution in [1.82, 2.24) is 0 Å². The molecule has 0 bridgehead atoms. The van der Waals surface area contributed by atoms with Gasteiger partial charge in [0.15, 0.2) is 0 Å². The Bertz CT molecular complexity index is 624. The maximum Gasteiger partial charge on any atom is 0.573 e. The van der Waals surface area contributed by atoms with Crippen molar-refractivity contribution < 1.29 is 27.0 Å². The van der Waals surface area contributed by atoms with Gasteiger partial charge in [0.05, 0.1) is 9.67 Å². The first kappa shape index (κ1) is 18.1. The average Bonchev–Trinajstić information content (AvgIpc) is 2.33. The molecule has 1 aromatic rings. The number of ether oxygens (including phenoxy) is 1. The van der Waals surface area contributed by atoms with Gasteiger partial charge in [0.25, 0.3) is 5.69 Å². The molecule has 0 spiro atoms. The van der Waals surface area contributed by atoms with Crippen LogP contribution in [0.25, 0.3) is 0 Å². The fraction of sp³-hybridized carbons (Fsp3) is 0.417. The molecule has 0 heterocycles. The van der Waals surface area contributed by atoms with E-state index in [1.54, 1.807) is 20.8 Å². The monoisotopic (exact) mass is 338 g/mol. The van der Waals surface area contributed by atoms with Crippen LogP contribution in [0.2, 0.25) is 0 Å². The normalized spacial score (nSPS) is 14.1. The third-order valence-electron chi connectivity index (χ3n) is 2.24. The Morgan fingerprint density at radius 1 is 1.32 bits per heavy atom. The molecule has 1 rings (SSSR count). The van der Waals surface area contributed by atoms with Gasteiger partial charge in [-0.3, -0.25) is 10.1 Å². The summed E-state index contributed by atoms with van der Waals surface area (Å²) >= 11 is 0. The lowest BCUT2D eigenvalue weighted by Crippen LogP contribution is -2.20. The molecule has 0 aliphatic carbocycles. The molecule has 0 aromatic heterocycles. The van der Waals surface area contributed by atoms with Crippen LogP contribution in [0.5, 0.6) is 5.75 Å². The summed E-state index contributed by atoms with van der Waals surface area (Å²) in [6.45, 7) is 4.88. The smallest absolute Gasteiger partial charge is 0.405 e. The van der Waals surface area contributed by atoms with Gasteiger partial charge >= 0.3 is 6.36 Å². The van der Waals surface area contributed by atoms with Crippen LogP contribution < -0.4 is 4.74 Å². The number of non-ortho nitro benzene ring substituents is 1. The summed E-state index contributed by atoms with van der Waals surface area (Å²) in [7, 11) is -1.72. The molecule has 0 saturated carbocycles. The first-order chi connectivity index (χ1) is 9.90. The zero-order chi connectivity index (χ0) is 17.1. The van der Waals surface area contributed by atoms with Crippen molar-refractivity contribution in [2.45, 2.75) is 31.9 Å². The second-order valence-electron chi connectivity index (χ2n) is 5.12. The van der Waals surface area contributed by atoms with Crippen molar-refractivity contribution >= 4 is 22.9 Å². The summed E-state index contributed by atoms with van der Waals surface area (Å²) in [5.74, 6) is -0.659. The predicted molar refractivity (Wildman–Crippen MR) is 75.3 cm³/mol. The minimum atomic E-state index is -4.96. The molecular weight excluding hydrogens is 325 g/mol. The lowest BCUT2D eigenvalue weighted by atomic mass is 10.2. The van der Waals surface area contributed by atoms with Crippen molar-refractivity contribution in [3.8, 4) is 5.75 Å². The molecule has 1 atom stereocenters. The molecule has 0 amide bonds. The highest BCUT2D eigenvalue weighted by molar-refractivity contribution is 7.85. The highest BCUT2D eigenvalue weighted by Gasteiger charge is 2.32. The summed E-state index contributed by atoms with van der Waals surface area (Å²) in [4.78, 5) is 9.92. The molecule has 0 aliphatic rings. The van der Waals surface area contributed by atoms with Crippen LogP contribution in [-0.2, 0) is 11.0 Å². The average molecular weight is 338 g/mol. The Morgan fingerprint density at radius 2 is 1.91 bits per heavy atom. The molecule has 0 radical (unpaired) electrons. The fourth-order valence-electron chi connectivity index (χ4n) is 1.23. The van der Waals surface area contributed by atoms with E-state index >= 15 is 0 Å². The van der Waals surface area contributed by atoms with Gasteiger partial charge in [0.1, 0.15) is 16.7 Å². The number of alkyl halides is 3. The molecule has 22 heavy (non-hydrogen) atoms. The third kappa shape index (κ3) is 5.43. The SMILES string of the molecule is CC(C)(C)S(=O)N=Cc1cc([N+](=O)[O-])ccc1OC(F)(F)F. The van der Waals surface area contributed by atoms with E-state index in [4.69, 9.17) is 0 Å². The number of benzene rings is 1. The Balaban J connectivity index is 3.23. The van der Waals surface area contributed by atoms with Crippen molar-refractivity contribution in [1.29, 1.82) is 0 Å². The molecule has 1 aromatic carbocycles. The standard InChI is InChI=1S/C12H13F3N2O4S/c1-11(2,3)22(20)16-7-8-6-9(17(18)19)4-5-10(8)21-12(13,14)15/h4-7H,1-3H3. The van der Waals surface area contributed by atoms with Gasteiger partial charge in [0, 0.05) is 23.9 Å². The highest BCUT2D eigenvalue weighted by atomic mass is 32.2. The van der Waals surface area contributed by atoms with Crippen molar-refractivity contribution in [3.05, 3.63) is 33.9 Å². The van der Waals surface area contributed by atoms with Gasteiger partial charge in [-0.05, 0) is 26.8 Å². The number of nitro groups is 1. The van der Waals surface area contributed by atoms with Crippen LogP contribution in [0.15, 0.2) is 22.6 Å². The largest absolute Gasteiger partial charge is 0.573 e. The number of hydrogen-bond acceptors (Lipinski definition) is 4. The minimum absolute atomic E-state index is 0.288. The quantitative estimate of drug-likeness (QED) is 0.479. The van der Waals surface area contributed by atoms with Crippen LogP contribution in [-0.4, -0.2) is 26.5 Å². The van der Waals surface area contributed by atoms with E-state index < -0.39 is 38.5 Å². The highest BCUT2D eigenvalue weighted by Crippen LogP contribution is 2.28. The summed E-state index contributed by atoms with van der Waals surface area (Å²) in [6.07, 6.45) is -4.09. The predicted octanol–water partition coefficient (Wildman–Crippen LogP) is 3.37. The summed E-state index contributed by atoms with van der Waals surface area (Å²) in [5, 5.41) is 10.7. The number of nitro benzene ring substituents is 1. The maximum absolute atomic E-state index is 12.3. The molecule has 10 heteroatoms. The van der Waals surface area contributed by atoms with Crippen LogP contribution >= 0.6 is 0 Å². The van der Waals surface area contributed by atoms with Crippen LogP contribution in [0.1, 0.15) is 26.3 Å². The third-order valence-corrected chi connectivity index (χ3v) is 3.59. The van der Waals surface area contributed by atoms with Gasteiger partial charge in [-0.1, -0.05) is 0 Å². The van der Waals surface area contributed by atoms with Crippen molar-refractivity contribution in [3.63, 3.8) is 0 Å². The summed E-state index contributed by atoms with van der Waals surface area (Å²) in [6, 6.07) is 2.55. The van der Waals surface area contributed by atoms with Crippen molar-refractivity contribution in [2.75, 3.05) is 0 Å². The second-order valence-corrected chi connectivity index (χ2v) is 7.06. The van der Waals surface area contributed by atoms with E-state index in [0.717, 1.165) is 24.4 Å². The minimum Gasteiger partial charge on any atom is -0.405 e. The molecule has 0 saturated heterocycles. The van der Waals surface area contributed by atoms with Crippen LogP contribution in [0, 0.1) is 10.1 Å². The lowest BCUT2D eigenvalue weighted by Gasteiger charge is -2.13. The van der Waals surface area contributed by atoms with E-state index in [1.165, 1.54) is 0 Å². The van der Waals surface area contributed by atoms with Gasteiger partial charge in [-0.2, -0.15) is 4.40 Å². The summed E-state index contributed by atoms with van der Waals surface area (Å²) in [5.41, 5.74) is -0.721. The lowest BCUT2D eigenvalue weighted by molar-refractivity contribution is -0.385. The molecule has 0 N–H and O–H groups in total. The molecule has 0 fully saturated rings. The van der Waals surface area contributed by atoms with E-state index in [2.05, 4.69) is 9.13 Å². The Hall–Kier alpha value is -1.97. The molecule has 6 nitrogen and oxygen atoms in total. The topological polar surface area (TPSA) is 81.8 Å². The van der Waals surface area contributed by atoms with Crippen LogP contribution in [0.3, 0.4) is 0 Å². The van der Waals surface area contributed by atoms with Gasteiger partial charge < -0.3 is 4.74 Å². The number of rotatable bonds is 4. The van der Waals surface area contributed by atoms with E-state index in [-0.39, 0.29) is 5.56 Å². The molecule has 0 aliphatic heterocycles. The number of nitrogens with zero attached hydrogens (tertiary/aromatic N) is 2. The summed E-state index contributed by atoms with van der Waals surface area (Å²) < 4.78 is 55.4. The Labute approximate surface area is 126 Å². The zero-order valence-electron chi connectivity index (χ0n) is 11.9. The Morgan fingerprint density at radius 3 is 2.36 bits per heavy atom. The molecule has 1 unspecified atom stereocenters. The van der Waals surface area contributed by atoms with E-state index in [0.29, 0.717) is 0 Å². The van der Waals surface area contributed by atoms with Crippen LogP contribution in [0.4, 0.5) is 18.9 Å². The number of hydrogen-bond donors (Lipinski definition) is 0. The van der Waals surface area contributed by atoms with E-state index in [1.807, 2.05) is 0 Å². The molecule has 122 valence electrons. The zero-order valence-corrected chi connectivity index (χ0v) is 12.7. The Kier molecular flexibility index (Phi) is 5.28. The number of halogens is 3. The second kappa shape index (κ2) is 6.42. The first-order valence-corrected chi connectivity index (χ1v) is 7.01. The van der Waals surface area contributed by atoms with Gasteiger partial charge in [-0.25, -0.2) is 4.21 Å². The van der Waals surface area contributed by atoms with Gasteiger partial charge in [-0.15, -0.1) is 13.2 Å². The maximum atomic E-state index is 12.3. The van der Waals surface area contributed by atoms with Gasteiger partial charge in [0.2, 0.25) is 0 Å². The molecular formula is C12H13F3N2O4S. The van der Waals surface area contributed by atoms with Crippen molar-refractivity contribution in [2.24, 2.45) is 4.40 Å². The van der Waals surface area contributed by atoms with E-state index in [9.17, 15) is 27.5 Å². The fourth-order valence-corrected chi connectivity index (χ4v) is 1.76.